The fraction of sp³-hybridized carbons (Fsp3) is 0.625. The summed E-state index contributed by atoms with van der Waals surface area (Å²) in [6.45, 7) is 7.68. The van der Waals surface area contributed by atoms with Crippen molar-refractivity contribution in [2.45, 2.75) is 32.4 Å². The van der Waals surface area contributed by atoms with Crippen LogP contribution in [0.15, 0.2) is 18.2 Å². The average Bonchev–Trinajstić information content (AvgIpc) is 2.42. The van der Waals surface area contributed by atoms with Gasteiger partial charge in [-0.25, -0.2) is 0 Å². The molecule has 1 heterocycles. The van der Waals surface area contributed by atoms with Gasteiger partial charge in [-0.15, -0.1) is 0 Å². The maximum atomic E-state index is 5.86. The standard InChI is InChI=1S/C16H28N4/c1-12-6-5-7-13(2)14(12)10-15(18-17)16-11-19(3)8-9-20(16)4/h5-7,15-16,18H,8-11,17H2,1-4H3. The fourth-order valence-corrected chi connectivity index (χ4v) is 3.18. The molecule has 1 aromatic carbocycles. The Morgan fingerprint density at radius 3 is 2.50 bits per heavy atom. The molecule has 0 spiro atoms. The van der Waals surface area contributed by atoms with Gasteiger partial charge in [-0.2, -0.15) is 0 Å². The minimum atomic E-state index is 0.280. The lowest BCUT2D eigenvalue weighted by Gasteiger charge is -2.42. The number of benzene rings is 1. The first-order valence-electron chi connectivity index (χ1n) is 7.43. The van der Waals surface area contributed by atoms with Crippen molar-refractivity contribution in [2.75, 3.05) is 33.7 Å². The smallest absolute Gasteiger partial charge is 0.0419 e. The zero-order valence-corrected chi connectivity index (χ0v) is 13.2. The van der Waals surface area contributed by atoms with Crippen LogP contribution in [-0.4, -0.2) is 55.6 Å². The SMILES string of the molecule is Cc1cccc(C)c1CC(NN)C1CN(C)CCN1C. The van der Waals surface area contributed by atoms with E-state index >= 15 is 0 Å². The van der Waals surface area contributed by atoms with Crippen molar-refractivity contribution in [3.05, 3.63) is 34.9 Å². The van der Waals surface area contributed by atoms with Gasteiger partial charge in [0.15, 0.2) is 0 Å². The van der Waals surface area contributed by atoms with E-state index in [0.717, 1.165) is 26.1 Å². The topological polar surface area (TPSA) is 44.5 Å². The van der Waals surface area contributed by atoms with Crippen molar-refractivity contribution >= 4 is 0 Å². The maximum absolute atomic E-state index is 5.86. The molecular formula is C16H28N4. The van der Waals surface area contributed by atoms with Gasteiger partial charge in [0.25, 0.3) is 0 Å². The molecule has 0 aliphatic carbocycles. The zero-order chi connectivity index (χ0) is 14.7. The van der Waals surface area contributed by atoms with E-state index in [9.17, 15) is 0 Å². The number of hydrogen-bond donors (Lipinski definition) is 2. The summed E-state index contributed by atoms with van der Waals surface area (Å²) in [5, 5.41) is 0. The lowest BCUT2D eigenvalue weighted by Crippen LogP contribution is -2.60. The highest BCUT2D eigenvalue weighted by atomic mass is 15.3. The molecule has 0 amide bonds. The molecule has 1 aromatic rings. The van der Waals surface area contributed by atoms with Gasteiger partial charge in [-0.05, 0) is 51.1 Å². The largest absolute Gasteiger partial charge is 0.303 e. The minimum absolute atomic E-state index is 0.280. The van der Waals surface area contributed by atoms with E-state index in [0.29, 0.717) is 6.04 Å². The predicted octanol–water partition coefficient (Wildman–Crippen LogP) is 0.924. The fourth-order valence-electron chi connectivity index (χ4n) is 3.18. The quantitative estimate of drug-likeness (QED) is 0.634. The van der Waals surface area contributed by atoms with Gasteiger partial charge in [-0.1, -0.05) is 18.2 Å². The second kappa shape index (κ2) is 6.68. The first-order chi connectivity index (χ1) is 9.52. The van der Waals surface area contributed by atoms with E-state index in [2.05, 4.69) is 61.4 Å². The Bertz CT molecular complexity index is 426. The Morgan fingerprint density at radius 2 is 1.90 bits per heavy atom. The van der Waals surface area contributed by atoms with Crippen LogP contribution in [0, 0.1) is 13.8 Å². The Kier molecular flexibility index (Phi) is 5.16. The highest BCUT2D eigenvalue weighted by molar-refractivity contribution is 5.34. The third kappa shape index (κ3) is 3.38. The maximum Gasteiger partial charge on any atom is 0.0419 e. The molecule has 0 bridgehead atoms. The molecule has 1 aliphatic heterocycles. The molecule has 20 heavy (non-hydrogen) atoms. The van der Waals surface area contributed by atoms with Gasteiger partial charge < -0.3 is 4.90 Å². The van der Waals surface area contributed by atoms with Crippen molar-refractivity contribution < 1.29 is 0 Å². The van der Waals surface area contributed by atoms with Crippen molar-refractivity contribution in [3.8, 4) is 0 Å². The predicted molar refractivity (Wildman–Crippen MR) is 84.6 cm³/mol. The summed E-state index contributed by atoms with van der Waals surface area (Å²) in [6.07, 6.45) is 0.984. The summed E-state index contributed by atoms with van der Waals surface area (Å²) in [4.78, 5) is 4.82. The molecule has 2 rings (SSSR count). The first-order valence-corrected chi connectivity index (χ1v) is 7.43. The molecule has 112 valence electrons. The molecule has 3 N–H and O–H groups in total. The van der Waals surface area contributed by atoms with Crippen molar-refractivity contribution in [1.82, 2.24) is 15.2 Å². The van der Waals surface area contributed by atoms with Crippen LogP contribution in [0.4, 0.5) is 0 Å². The van der Waals surface area contributed by atoms with Gasteiger partial charge in [0.2, 0.25) is 0 Å². The number of nitrogens with one attached hydrogen (secondary N) is 1. The van der Waals surface area contributed by atoms with Gasteiger partial charge in [-0.3, -0.25) is 16.2 Å². The number of hydrazine groups is 1. The Labute approximate surface area is 122 Å². The number of nitrogens with two attached hydrogens (primary N) is 1. The molecule has 1 saturated heterocycles. The van der Waals surface area contributed by atoms with Crippen LogP contribution in [0.3, 0.4) is 0 Å². The summed E-state index contributed by atoms with van der Waals surface area (Å²) in [7, 11) is 4.39. The van der Waals surface area contributed by atoms with Crippen molar-refractivity contribution in [3.63, 3.8) is 0 Å². The van der Waals surface area contributed by atoms with E-state index < -0.39 is 0 Å². The molecule has 2 atom stereocenters. The van der Waals surface area contributed by atoms with Crippen LogP contribution in [0.1, 0.15) is 16.7 Å². The molecule has 1 aliphatic rings. The van der Waals surface area contributed by atoms with Crippen molar-refractivity contribution in [1.29, 1.82) is 0 Å². The molecule has 0 saturated carbocycles. The van der Waals surface area contributed by atoms with Crippen molar-refractivity contribution in [2.24, 2.45) is 5.84 Å². The molecule has 0 aromatic heterocycles. The van der Waals surface area contributed by atoms with E-state index in [1.165, 1.54) is 16.7 Å². The number of likely N-dealkylation sites (N-methyl/N-ethyl adjacent to an activating group) is 2. The summed E-state index contributed by atoms with van der Waals surface area (Å²) >= 11 is 0. The number of hydrogen-bond acceptors (Lipinski definition) is 4. The molecule has 4 nitrogen and oxygen atoms in total. The summed E-state index contributed by atoms with van der Waals surface area (Å²) in [5.41, 5.74) is 7.20. The molecule has 4 heteroatoms. The summed E-state index contributed by atoms with van der Waals surface area (Å²) in [6, 6.07) is 7.24. The van der Waals surface area contributed by atoms with Gasteiger partial charge in [0.1, 0.15) is 0 Å². The van der Waals surface area contributed by atoms with E-state index in [4.69, 9.17) is 5.84 Å². The molecular weight excluding hydrogens is 248 g/mol. The van der Waals surface area contributed by atoms with Crippen LogP contribution in [0.5, 0.6) is 0 Å². The Morgan fingerprint density at radius 1 is 1.25 bits per heavy atom. The summed E-state index contributed by atoms with van der Waals surface area (Å²) in [5.74, 6) is 5.86. The highest BCUT2D eigenvalue weighted by Gasteiger charge is 2.29. The van der Waals surface area contributed by atoms with E-state index in [1.807, 2.05) is 0 Å². The normalized spacial score (nSPS) is 22.9. The van der Waals surface area contributed by atoms with Gasteiger partial charge in [0, 0.05) is 31.7 Å². The lowest BCUT2D eigenvalue weighted by atomic mass is 9.92. The number of aryl methyl sites for hydroxylation is 2. The first kappa shape index (κ1) is 15.4. The van der Waals surface area contributed by atoms with Crippen LogP contribution < -0.4 is 11.3 Å². The lowest BCUT2D eigenvalue weighted by molar-refractivity contribution is 0.0876. The molecule has 0 radical (unpaired) electrons. The third-order valence-electron chi connectivity index (χ3n) is 4.65. The van der Waals surface area contributed by atoms with E-state index in [1.54, 1.807) is 0 Å². The summed E-state index contributed by atoms with van der Waals surface area (Å²) < 4.78 is 0. The number of piperazine rings is 1. The third-order valence-corrected chi connectivity index (χ3v) is 4.65. The van der Waals surface area contributed by atoms with Gasteiger partial charge >= 0.3 is 0 Å². The highest BCUT2D eigenvalue weighted by Crippen LogP contribution is 2.19. The number of rotatable bonds is 4. The van der Waals surface area contributed by atoms with Crippen LogP contribution in [0.25, 0.3) is 0 Å². The second-order valence-corrected chi connectivity index (χ2v) is 6.16. The van der Waals surface area contributed by atoms with Crippen LogP contribution in [0.2, 0.25) is 0 Å². The average molecular weight is 276 g/mol. The van der Waals surface area contributed by atoms with Crippen LogP contribution >= 0.6 is 0 Å². The van der Waals surface area contributed by atoms with Crippen LogP contribution in [-0.2, 0) is 6.42 Å². The Balaban J connectivity index is 2.16. The molecule has 1 fully saturated rings. The monoisotopic (exact) mass is 276 g/mol. The minimum Gasteiger partial charge on any atom is -0.303 e. The van der Waals surface area contributed by atoms with Gasteiger partial charge in [0.05, 0.1) is 0 Å². The number of nitrogens with zero attached hydrogens (tertiary/aromatic N) is 2. The Hall–Kier alpha value is -0.940. The second-order valence-electron chi connectivity index (χ2n) is 6.16. The molecule has 2 unspecified atom stereocenters. The van der Waals surface area contributed by atoms with E-state index in [-0.39, 0.29) is 6.04 Å². The zero-order valence-electron chi connectivity index (χ0n) is 13.2.